The monoisotopic (exact) mass is 326 g/mol. The van der Waals surface area contributed by atoms with Gasteiger partial charge in [-0.05, 0) is 31.5 Å². The Morgan fingerprint density at radius 2 is 2.10 bits per heavy atom. The number of methoxy groups -OCH3 is 2. The second-order valence-electron chi connectivity index (χ2n) is 4.72. The van der Waals surface area contributed by atoms with Gasteiger partial charge in [0.15, 0.2) is 11.5 Å². The van der Waals surface area contributed by atoms with Gasteiger partial charge in [0.1, 0.15) is 5.01 Å². The first-order valence-electron chi connectivity index (χ1n) is 6.61. The summed E-state index contributed by atoms with van der Waals surface area (Å²) in [6.07, 6.45) is 1.89. The molecule has 0 bridgehead atoms. The summed E-state index contributed by atoms with van der Waals surface area (Å²) >= 11 is 7.91. The van der Waals surface area contributed by atoms with Crippen molar-refractivity contribution in [3.8, 4) is 11.5 Å². The zero-order valence-electron chi connectivity index (χ0n) is 12.6. The van der Waals surface area contributed by atoms with Crippen LogP contribution in [0.5, 0.6) is 11.5 Å². The minimum absolute atomic E-state index is 0.190. The first-order valence-corrected chi connectivity index (χ1v) is 7.80. The van der Waals surface area contributed by atoms with Crippen molar-refractivity contribution in [1.29, 1.82) is 0 Å². The Morgan fingerprint density at radius 3 is 2.67 bits per heavy atom. The van der Waals surface area contributed by atoms with Crippen molar-refractivity contribution in [2.24, 2.45) is 0 Å². The number of ether oxygens (including phenoxy) is 2. The van der Waals surface area contributed by atoms with Crippen molar-refractivity contribution in [2.75, 3.05) is 14.2 Å². The van der Waals surface area contributed by atoms with Crippen LogP contribution in [-0.4, -0.2) is 19.2 Å². The second-order valence-corrected chi connectivity index (χ2v) is 6.40. The molecule has 1 aromatic heterocycles. The third-order valence-corrected chi connectivity index (χ3v) is 4.49. The highest BCUT2D eigenvalue weighted by Gasteiger charge is 2.13. The summed E-state index contributed by atoms with van der Waals surface area (Å²) in [5.74, 6) is 1.20. The lowest BCUT2D eigenvalue weighted by atomic mass is 10.2. The Kier molecular flexibility index (Phi) is 5.45. The molecule has 1 aromatic carbocycles. The molecule has 0 spiro atoms. The van der Waals surface area contributed by atoms with Gasteiger partial charge < -0.3 is 14.8 Å². The van der Waals surface area contributed by atoms with E-state index in [0.717, 1.165) is 10.6 Å². The molecule has 4 nitrogen and oxygen atoms in total. The van der Waals surface area contributed by atoms with Gasteiger partial charge in [0.25, 0.3) is 0 Å². The molecule has 1 heterocycles. The van der Waals surface area contributed by atoms with Gasteiger partial charge in [-0.2, -0.15) is 0 Å². The van der Waals surface area contributed by atoms with E-state index in [0.29, 0.717) is 23.1 Å². The van der Waals surface area contributed by atoms with Gasteiger partial charge in [-0.3, -0.25) is 0 Å². The van der Waals surface area contributed by atoms with E-state index in [1.54, 1.807) is 25.6 Å². The van der Waals surface area contributed by atoms with Crippen molar-refractivity contribution in [1.82, 2.24) is 10.3 Å². The molecule has 21 heavy (non-hydrogen) atoms. The maximum absolute atomic E-state index is 6.21. The Morgan fingerprint density at radius 1 is 1.33 bits per heavy atom. The van der Waals surface area contributed by atoms with E-state index < -0.39 is 0 Å². The predicted octanol–water partition coefficient (Wildman–Crippen LogP) is 3.97. The number of hydrogen-bond acceptors (Lipinski definition) is 5. The standard InChI is InChI=1S/C15H19ClN2O2S/c1-9-7-18-15(21-9)10(2)17-8-11-5-12(16)14(20-4)13(6-11)19-3/h5-7,10,17H,8H2,1-4H3. The van der Waals surface area contributed by atoms with Crippen LogP contribution in [0.3, 0.4) is 0 Å². The zero-order valence-corrected chi connectivity index (χ0v) is 14.1. The van der Waals surface area contributed by atoms with Crippen LogP contribution in [0, 0.1) is 6.92 Å². The molecular formula is C15H19ClN2O2S. The third kappa shape index (κ3) is 3.87. The van der Waals surface area contributed by atoms with Crippen molar-refractivity contribution in [3.63, 3.8) is 0 Å². The fraction of sp³-hybridized carbons (Fsp3) is 0.400. The summed E-state index contributed by atoms with van der Waals surface area (Å²) in [5, 5.41) is 5.07. The third-order valence-electron chi connectivity index (χ3n) is 3.12. The number of aryl methyl sites for hydroxylation is 1. The van der Waals surface area contributed by atoms with E-state index >= 15 is 0 Å². The quantitative estimate of drug-likeness (QED) is 0.872. The molecule has 2 aromatic rings. The van der Waals surface area contributed by atoms with Gasteiger partial charge in [0.05, 0.1) is 25.3 Å². The lowest BCUT2D eigenvalue weighted by Gasteiger charge is -2.14. The average Bonchev–Trinajstić information content (AvgIpc) is 2.90. The molecule has 0 saturated carbocycles. The summed E-state index contributed by atoms with van der Waals surface area (Å²) in [4.78, 5) is 5.61. The Bertz CT molecular complexity index is 616. The molecule has 2 rings (SSSR count). The fourth-order valence-corrected chi connectivity index (χ4v) is 3.12. The van der Waals surface area contributed by atoms with Crippen LogP contribution in [0.1, 0.15) is 28.4 Å². The Hall–Kier alpha value is -1.30. The fourth-order valence-electron chi connectivity index (χ4n) is 2.00. The SMILES string of the molecule is COc1cc(CNC(C)c2ncc(C)s2)cc(Cl)c1OC. The van der Waals surface area contributed by atoms with Crippen LogP contribution in [0.25, 0.3) is 0 Å². The number of thiazole rings is 1. The molecule has 0 aliphatic rings. The highest BCUT2D eigenvalue weighted by molar-refractivity contribution is 7.11. The Labute approximate surface area is 134 Å². The van der Waals surface area contributed by atoms with E-state index in [1.165, 1.54) is 4.88 Å². The number of benzene rings is 1. The average molecular weight is 327 g/mol. The number of nitrogens with zero attached hydrogens (tertiary/aromatic N) is 1. The predicted molar refractivity (Wildman–Crippen MR) is 86.7 cm³/mol. The normalized spacial score (nSPS) is 12.2. The van der Waals surface area contributed by atoms with Crippen LogP contribution in [0.4, 0.5) is 0 Å². The van der Waals surface area contributed by atoms with Crippen LogP contribution in [-0.2, 0) is 6.54 Å². The van der Waals surface area contributed by atoms with E-state index in [4.69, 9.17) is 21.1 Å². The molecule has 0 amide bonds. The first kappa shape index (κ1) is 16.1. The largest absolute Gasteiger partial charge is 0.493 e. The molecule has 0 aliphatic heterocycles. The molecule has 0 fully saturated rings. The Balaban J connectivity index is 2.08. The maximum Gasteiger partial charge on any atom is 0.179 e. The summed E-state index contributed by atoms with van der Waals surface area (Å²) in [6.45, 7) is 4.84. The van der Waals surface area contributed by atoms with Gasteiger partial charge in [-0.25, -0.2) is 4.98 Å². The highest BCUT2D eigenvalue weighted by atomic mass is 35.5. The summed E-state index contributed by atoms with van der Waals surface area (Å²) < 4.78 is 10.5. The molecule has 1 unspecified atom stereocenters. The van der Waals surface area contributed by atoms with Gasteiger partial charge in [0.2, 0.25) is 0 Å². The topological polar surface area (TPSA) is 43.4 Å². The molecule has 1 N–H and O–H groups in total. The van der Waals surface area contributed by atoms with E-state index in [9.17, 15) is 0 Å². The van der Waals surface area contributed by atoms with Crippen molar-refractivity contribution < 1.29 is 9.47 Å². The van der Waals surface area contributed by atoms with Gasteiger partial charge in [0, 0.05) is 17.6 Å². The number of nitrogens with one attached hydrogen (secondary N) is 1. The van der Waals surface area contributed by atoms with Crippen LogP contribution in [0.15, 0.2) is 18.3 Å². The van der Waals surface area contributed by atoms with E-state index in [2.05, 4.69) is 24.1 Å². The number of aromatic nitrogens is 1. The second kappa shape index (κ2) is 7.11. The molecule has 0 aliphatic carbocycles. The summed E-state index contributed by atoms with van der Waals surface area (Å²) in [6, 6.07) is 4.00. The lowest BCUT2D eigenvalue weighted by Crippen LogP contribution is -2.18. The molecule has 1 atom stereocenters. The zero-order chi connectivity index (χ0) is 15.4. The number of rotatable bonds is 6. The molecule has 114 valence electrons. The minimum Gasteiger partial charge on any atom is -0.493 e. The molecule has 0 saturated heterocycles. The first-order chi connectivity index (χ1) is 10.0. The van der Waals surface area contributed by atoms with Crippen LogP contribution >= 0.6 is 22.9 Å². The van der Waals surface area contributed by atoms with E-state index in [-0.39, 0.29) is 6.04 Å². The molecular weight excluding hydrogens is 308 g/mol. The lowest BCUT2D eigenvalue weighted by molar-refractivity contribution is 0.354. The molecule has 6 heteroatoms. The van der Waals surface area contributed by atoms with Crippen LogP contribution < -0.4 is 14.8 Å². The summed E-state index contributed by atoms with van der Waals surface area (Å²) in [7, 11) is 3.18. The molecule has 0 radical (unpaired) electrons. The highest BCUT2D eigenvalue weighted by Crippen LogP contribution is 2.36. The smallest absolute Gasteiger partial charge is 0.179 e. The maximum atomic E-state index is 6.21. The van der Waals surface area contributed by atoms with Gasteiger partial charge in [-0.15, -0.1) is 11.3 Å². The number of hydrogen-bond donors (Lipinski definition) is 1. The van der Waals surface area contributed by atoms with E-state index in [1.807, 2.05) is 18.3 Å². The van der Waals surface area contributed by atoms with Gasteiger partial charge >= 0.3 is 0 Å². The van der Waals surface area contributed by atoms with Crippen molar-refractivity contribution >= 4 is 22.9 Å². The number of halogens is 1. The summed E-state index contributed by atoms with van der Waals surface area (Å²) in [5.41, 5.74) is 1.04. The van der Waals surface area contributed by atoms with Crippen molar-refractivity contribution in [3.05, 3.63) is 38.8 Å². The van der Waals surface area contributed by atoms with Crippen molar-refractivity contribution in [2.45, 2.75) is 26.4 Å². The minimum atomic E-state index is 0.190. The van der Waals surface area contributed by atoms with Gasteiger partial charge in [-0.1, -0.05) is 11.6 Å². The van der Waals surface area contributed by atoms with Crippen LogP contribution in [0.2, 0.25) is 5.02 Å².